The number of rotatable bonds is 3. The minimum atomic E-state index is 0.333. The van der Waals surface area contributed by atoms with Crippen molar-refractivity contribution in [1.29, 1.82) is 0 Å². The minimum Gasteiger partial charge on any atom is -0.388 e. The zero-order chi connectivity index (χ0) is 13.2. The van der Waals surface area contributed by atoms with Crippen LogP contribution in [0.1, 0.15) is 18.5 Å². The fourth-order valence-corrected chi connectivity index (χ4v) is 3.02. The van der Waals surface area contributed by atoms with E-state index < -0.39 is 0 Å². The lowest BCUT2D eigenvalue weighted by Crippen LogP contribution is -2.51. The molecule has 3 heterocycles. The molecule has 0 radical (unpaired) electrons. The average molecular weight is 260 g/mol. The number of aromatic nitrogens is 1. The van der Waals surface area contributed by atoms with Crippen LogP contribution in [0.2, 0.25) is 0 Å². The normalized spacial score (nSPS) is 23.5. The Hall–Kier alpha value is -1.62. The highest BCUT2D eigenvalue weighted by molar-refractivity contribution is 5.78. The molecule has 5 heteroatoms. The predicted molar refractivity (Wildman–Crippen MR) is 73.8 cm³/mol. The number of carbonyl (C=O) groups is 1. The highest BCUT2D eigenvalue weighted by Gasteiger charge is 2.35. The summed E-state index contributed by atoms with van der Waals surface area (Å²) >= 11 is 0. The van der Waals surface area contributed by atoms with Gasteiger partial charge in [0.25, 0.3) is 0 Å². The first-order valence-electron chi connectivity index (χ1n) is 6.91. The summed E-state index contributed by atoms with van der Waals surface area (Å²) in [6.45, 7) is 3.67. The van der Waals surface area contributed by atoms with Crippen LogP contribution in [0.15, 0.2) is 18.3 Å². The van der Waals surface area contributed by atoms with Gasteiger partial charge in [0.2, 0.25) is 5.91 Å². The average Bonchev–Trinajstić information content (AvgIpc) is 2.80. The number of fused-ring (bicyclic) bond motifs is 1. The quantitative estimate of drug-likeness (QED) is 0.878. The minimum absolute atomic E-state index is 0.333. The molecule has 0 aromatic carbocycles. The van der Waals surface area contributed by atoms with Crippen LogP contribution in [0.5, 0.6) is 0 Å². The number of carbonyl (C=O) groups excluding carboxylic acids is 1. The van der Waals surface area contributed by atoms with Gasteiger partial charge in [-0.3, -0.25) is 14.7 Å². The van der Waals surface area contributed by atoms with Gasteiger partial charge in [0.15, 0.2) is 0 Å². The largest absolute Gasteiger partial charge is 0.388 e. The maximum Gasteiger partial charge on any atom is 0.222 e. The second kappa shape index (κ2) is 5.17. The Bertz CT molecular complexity index is 476. The van der Waals surface area contributed by atoms with Gasteiger partial charge in [-0.15, -0.1) is 0 Å². The van der Waals surface area contributed by atoms with Gasteiger partial charge in [0.1, 0.15) is 0 Å². The molecule has 2 fully saturated rings. The maximum atomic E-state index is 11.6. The number of nitrogens with zero attached hydrogens (tertiary/aromatic N) is 3. The van der Waals surface area contributed by atoms with Gasteiger partial charge in [0, 0.05) is 57.6 Å². The Morgan fingerprint density at radius 1 is 1.47 bits per heavy atom. The van der Waals surface area contributed by atoms with Gasteiger partial charge >= 0.3 is 0 Å². The summed E-state index contributed by atoms with van der Waals surface area (Å²) in [5, 5.41) is 3.14. The van der Waals surface area contributed by atoms with E-state index in [1.165, 1.54) is 0 Å². The lowest BCUT2D eigenvalue weighted by Gasteiger charge is -2.37. The molecule has 5 nitrogen and oxygen atoms in total. The molecule has 0 aliphatic carbocycles. The molecule has 2 aliphatic rings. The Labute approximate surface area is 113 Å². The zero-order valence-electron chi connectivity index (χ0n) is 11.3. The van der Waals surface area contributed by atoms with Crippen molar-refractivity contribution in [2.45, 2.75) is 25.4 Å². The second-order valence-corrected chi connectivity index (χ2v) is 5.30. The first kappa shape index (κ1) is 12.4. The molecule has 3 rings (SSSR count). The monoisotopic (exact) mass is 260 g/mol. The van der Waals surface area contributed by atoms with Gasteiger partial charge in [-0.1, -0.05) is 0 Å². The molecule has 2 saturated heterocycles. The van der Waals surface area contributed by atoms with Crippen molar-refractivity contribution in [3.8, 4) is 0 Å². The molecule has 1 aromatic rings. The fourth-order valence-electron chi connectivity index (χ4n) is 3.02. The molecule has 0 saturated carbocycles. The predicted octanol–water partition coefficient (Wildman–Crippen LogP) is 0.930. The van der Waals surface area contributed by atoms with Gasteiger partial charge in [-0.2, -0.15) is 0 Å². The summed E-state index contributed by atoms with van der Waals surface area (Å²) in [7, 11) is 1.92. The van der Waals surface area contributed by atoms with E-state index in [1.807, 2.05) is 24.2 Å². The van der Waals surface area contributed by atoms with Crippen LogP contribution < -0.4 is 5.32 Å². The fraction of sp³-hybridized carbons (Fsp3) is 0.571. The van der Waals surface area contributed by atoms with E-state index in [-0.39, 0.29) is 0 Å². The molecule has 1 unspecified atom stereocenters. The molecule has 1 N–H and O–H groups in total. The highest BCUT2D eigenvalue weighted by atomic mass is 16.2. The number of nitrogens with one attached hydrogen (secondary N) is 1. The molecule has 2 aliphatic heterocycles. The standard InChI is InChI=1S/C14H20N4O/c1-15-11-4-5-16-12(8-11)9-17-6-7-18-13(10-17)2-3-14(18)19/h4-5,8,13H,2-3,6-7,9-10H2,1H3,(H,15,16). The van der Waals surface area contributed by atoms with E-state index in [0.29, 0.717) is 11.9 Å². The van der Waals surface area contributed by atoms with Gasteiger partial charge < -0.3 is 10.2 Å². The lowest BCUT2D eigenvalue weighted by atomic mass is 10.1. The number of hydrogen-bond donors (Lipinski definition) is 1. The molecular weight excluding hydrogens is 240 g/mol. The van der Waals surface area contributed by atoms with Crippen LogP contribution in [-0.2, 0) is 11.3 Å². The molecule has 0 spiro atoms. The second-order valence-electron chi connectivity index (χ2n) is 5.30. The van der Waals surface area contributed by atoms with Crippen molar-refractivity contribution in [2.75, 3.05) is 32.0 Å². The third kappa shape index (κ3) is 2.56. The van der Waals surface area contributed by atoms with E-state index in [1.54, 1.807) is 0 Å². The maximum absolute atomic E-state index is 11.6. The van der Waals surface area contributed by atoms with E-state index in [4.69, 9.17) is 0 Å². The smallest absolute Gasteiger partial charge is 0.222 e. The van der Waals surface area contributed by atoms with Crippen molar-refractivity contribution < 1.29 is 4.79 Å². The van der Waals surface area contributed by atoms with E-state index in [9.17, 15) is 4.79 Å². The van der Waals surface area contributed by atoms with Crippen LogP contribution in [0, 0.1) is 0 Å². The van der Waals surface area contributed by atoms with Crippen molar-refractivity contribution in [3.05, 3.63) is 24.0 Å². The van der Waals surface area contributed by atoms with Crippen molar-refractivity contribution in [3.63, 3.8) is 0 Å². The molecule has 1 atom stereocenters. The SMILES string of the molecule is CNc1ccnc(CN2CCN3C(=O)CCC3C2)c1. The van der Waals surface area contributed by atoms with E-state index >= 15 is 0 Å². The summed E-state index contributed by atoms with van der Waals surface area (Å²) in [6.07, 6.45) is 3.59. The lowest BCUT2D eigenvalue weighted by molar-refractivity contribution is -0.130. The van der Waals surface area contributed by atoms with Crippen molar-refractivity contribution in [1.82, 2.24) is 14.8 Å². The van der Waals surface area contributed by atoms with Crippen molar-refractivity contribution >= 4 is 11.6 Å². The first-order valence-corrected chi connectivity index (χ1v) is 6.91. The number of piperazine rings is 1. The number of hydrogen-bond acceptors (Lipinski definition) is 4. The zero-order valence-corrected chi connectivity index (χ0v) is 11.3. The summed E-state index contributed by atoms with van der Waals surface area (Å²) in [5.41, 5.74) is 2.18. The summed E-state index contributed by atoms with van der Waals surface area (Å²) in [4.78, 5) is 20.5. The molecule has 19 heavy (non-hydrogen) atoms. The summed E-state index contributed by atoms with van der Waals surface area (Å²) in [5.74, 6) is 0.333. The van der Waals surface area contributed by atoms with Crippen LogP contribution >= 0.6 is 0 Å². The Morgan fingerprint density at radius 2 is 2.37 bits per heavy atom. The third-order valence-electron chi connectivity index (χ3n) is 4.07. The molecule has 102 valence electrons. The topological polar surface area (TPSA) is 48.5 Å². The molecule has 1 amide bonds. The molecule has 1 aromatic heterocycles. The van der Waals surface area contributed by atoms with E-state index in [2.05, 4.69) is 21.3 Å². The van der Waals surface area contributed by atoms with Crippen LogP contribution in [0.4, 0.5) is 5.69 Å². The van der Waals surface area contributed by atoms with Gasteiger partial charge in [-0.05, 0) is 18.6 Å². The molecular formula is C14H20N4O. The number of anilines is 1. The highest BCUT2D eigenvalue weighted by Crippen LogP contribution is 2.23. The number of amides is 1. The van der Waals surface area contributed by atoms with Gasteiger partial charge in [-0.25, -0.2) is 0 Å². The van der Waals surface area contributed by atoms with Crippen molar-refractivity contribution in [2.24, 2.45) is 0 Å². The van der Waals surface area contributed by atoms with Crippen LogP contribution in [-0.4, -0.2) is 53.4 Å². The molecule has 0 bridgehead atoms. The van der Waals surface area contributed by atoms with Crippen LogP contribution in [0.25, 0.3) is 0 Å². The Kier molecular flexibility index (Phi) is 3.38. The Morgan fingerprint density at radius 3 is 3.21 bits per heavy atom. The van der Waals surface area contributed by atoms with Gasteiger partial charge in [0.05, 0.1) is 5.69 Å². The first-order chi connectivity index (χ1) is 9.26. The number of pyridine rings is 1. The summed E-state index contributed by atoms with van der Waals surface area (Å²) < 4.78 is 0. The summed E-state index contributed by atoms with van der Waals surface area (Å²) in [6, 6.07) is 4.48. The van der Waals surface area contributed by atoms with E-state index in [0.717, 1.165) is 50.4 Å². The Balaban J connectivity index is 1.63. The van der Waals surface area contributed by atoms with Crippen LogP contribution in [0.3, 0.4) is 0 Å². The third-order valence-corrected chi connectivity index (χ3v) is 4.07.